The summed E-state index contributed by atoms with van der Waals surface area (Å²) in [4.78, 5) is 26.9. The third kappa shape index (κ3) is 8.31. The number of aliphatic carboxylic acids is 1. The maximum Gasteiger partial charge on any atom is 1.00 e. The van der Waals surface area contributed by atoms with Gasteiger partial charge in [0.15, 0.2) is 9.54 Å². The van der Waals surface area contributed by atoms with Gasteiger partial charge in [0.2, 0.25) is 5.91 Å². The van der Waals surface area contributed by atoms with E-state index in [0.29, 0.717) is 46.1 Å². The standard InChI is InChI=1S/C31H33N5O4S2.Na/c1-20-16-23-17-22(28(29(38)39)40-19-21-6-3-2-4-7-21)9-14-26(23)35(18-20)15-5-8-27(37)32-24-10-12-25(13-11-24)36-30(41)33-34-31(36)42;/h2-4,6-7,9-14,17,20,28H,5,8,15-16,18-19H2,1H3,(H,32,37)(H,33,41)(H,34,42)(H,38,39);/q;+1/p-1. The molecule has 1 amide bonds. The Morgan fingerprint density at radius 3 is 2.42 bits per heavy atom. The van der Waals surface area contributed by atoms with E-state index in [4.69, 9.17) is 29.2 Å². The monoisotopic (exact) mass is 625 g/mol. The molecule has 0 bridgehead atoms. The number of aromatic amines is 2. The molecule has 2 unspecified atom stereocenters. The van der Waals surface area contributed by atoms with Crippen molar-refractivity contribution in [1.82, 2.24) is 14.8 Å². The number of carbonyl (C=O) groups excluding carboxylic acids is 2. The number of anilines is 2. The summed E-state index contributed by atoms with van der Waals surface area (Å²) in [6.45, 7) is 3.94. The zero-order valence-electron chi connectivity index (χ0n) is 24.2. The van der Waals surface area contributed by atoms with Gasteiger partial charge in [0.05, 0.1) is 18.3 Å². The van der Waals surface area contributed by atoms with Gasteiger partial charge in [-0.1, -0.05) is 49.4 Å². The van der Waals surface area contributed by atoms with Crippen molar-refractivity contribution in [2.75, 3.05) is 23.3 Å². The second kappa shape index (κ2) is 15.1. The van der Waals surface area contributed by atoms with Crippen molar-refractivity contribution in [3.05, 3.63) is 99.0 Å². The number of benzene rings is 3. The first-order chi connectivity index (χ1) is 20.3. The molecule has 5 rings (SSSR count). The summed E-state index contributed by atoms with van der Waals surface area (Å²) >= 11 is 10.5. The van der Waals surface area contributed by atoms with Crippen molar-refractivity contribution in [3.8, 4) is 5.69 Å². The predicted molar refractivity (Wildman–Crippen MR) is 165 cm³/mol. The molecule has 3 aromatic carbocycles. The number of hydrogen-bond acceptors (Lipinski definition) is 7. The van der Waals surface area contributed by atoms with Gasteiger partial charge in [0.1, 0.15) is 6.10 Å². The molecule has 1 aromatic heterocycles. The Morgan fingerprint density at radius 1 is 1.05 bits per heavy atom. The van der Waals surface area contributed by atoms with Crippen LogP contribution in [0.2, 0.25) is 0 Å². The Morgan fingerprint density at radius 2 is 1.74 bits per heavy atom. The molecule has 0 radical (unpaired) electrons. The third-order valence-electron chi connectivity index (χ3n) is 7.24. The molecular weight excluding hydrogens is 593 g/mol. The molecule has 0 saturated carbocycles. The van der Waals surface area contributed by atoms with Crippen molar-refractivity contribution in [3.63, 3.8) is 0 Å². The second-order valence-corrected chi connectivity index (χ2v) is 11.3. The maximum absolute atomic E-state index is 12.7. The second-order valence-electron chi connectivity index (χ2n) is 10.5. The number of rotatable bonds is 11. The minimum absolute atomic E-state index is 0. The number of amides is 1. The van der Waals surface area contributed by atoms with E-state index in [1.54, 1.807) is 10.6 Å². The molecule has 4 aromatic rings. The van der Waals surface area contributed by atoms with Crippen LogP contribution >= 0.6 is 24.4 Å². The van der Waals surface area contributed by atoms with Crippen LogP contribution in [0.4, 0.5) is 11.4 Å². The fourth-order valence-corrected chi connectivity index (χ4v) is 5.87. The van der Waals surface area contributed by atoms with Gasteiger partial charge < -0.3 is 24.9 Å². The predicted octanol–water partition coefficient (Wildman–Crippen LogP) is 2.02. The van der Waals surface area contributed by atoms with Crippen LogP contribution < -0.4 is 44.9 Å². The quantitative estimate of drug-likeness (QED) is 0.173. The van der Waals surface area contributed by atoms with Gasteiger partial charge in [0, 0.05) is 30.9 Å². The van der Waals surface area contributed by atoms with Gasteiger partial charge in [-0.05, 0) is 90.2 Å². The minimum atomic E-state index is -1.26. The summed E-state index contributed by atoms with van der Waals surface area (Å²) in [6, 6.07) is 22.5. The van der Waals surface area contributed by atoms with E-state index in [0.717, 1.165) is 35.5 Å². The van der Waals surface area contributed by atoms with Crippen molar-refractivity contribution in [2.24, 2.45) is 5.92 Å². The molecular formula is C31H32N5NaO4S2. The topological polar surface area (TPSA) is 118 Å². The number of aromatic nitrogens is 3. The molecule has 1 aliphatic heterocycles. The number of carboxylic acid groups (broad SMARTS) is 1. The number of hydrogen-bond donors (Lipinski definition) is 3. The van der Waals surface area contributed by atoms with E-state index >= 15 is 0 Å². The van der Waals surface area contributed by atoms with Crippen molar-refractivity contribution in [2.45, 2.75) is 38.9 Å². The van der Waals surface area contributed by atoms with Crippen LogP contribution in [0.5, 0.6) is 0 Å². The number of ether oxygens (including phenoxy) is 1. The van der Waals surface area contributed by atoms with Gasteiger partial charge >= 0.3 is 29.6 Å². The van der Waals surface area contributed by atoms with E-state index in [1.807, 2.05) is 66.7 Å². The first kappa shape index (κ1) is 32.8. The number of nitrogens with zero attached hydrogens (tertiary/aromatic N) is 2. The summed E-state index contributed by atoms with van der Waals surface area (Å²) in [5.41, 5.74) is 5.11. The molecule has 0 aliphatic carbocycles. The van der Waals surface area contributed by atoms with Crippen LogP contribution in [0.1, 0.15) is 42.6 Å². The first-order valence-electron chi connectivity index (χ1n) is 13.8. The summed E-state index contributed by atoms with van der Waals surface area (Å²) in [5.74, 6) is -0.941. The molecule has 0 fully saturated rings. The molecule has 218 valence electrons. The van der Waals surface area contributed by atoms with Crippen LogP contribution in [-0.2, 0) is 27.4 Å². The Hall–Kier alpha value is -3.06. The van der Waals surface area contributed by atoms with Gasteiger partial charge in [-0.3, -0.25) is 19.6 Å². The molecule has 2 atom stereocenters. The molecule has 3 N–H and O–H groups in total. The van der Waals surface area contributed by atoms with Crippen LogP contribution in [0.25, 0.3) is 5.69 Å². The maximum atomic E-state index is 12.7. The van der Waals surface area contributed by atoms with E-state index in [9.17, 15) is 14.7 Å². The molecule has 12 heteroatoms. The number of carboxylic acids is 1. The van der Waals surface area contributed by atoms with Crippen molar-refractivity contribution >= 4 is 47.7 Å². The fourth-order valence-electron chi connectivity index (χ4n) is 5.31. The first-order valence-corrected chi connectivity index (χ1v) is 14.6. The Kier molecular flexibility index (Phi) is 11.5. The largest absolute Gasteiger partial charge is 1.00 e. The normalized spacial score (nSPS) is 14.8. The van der Waals surface area contributed by atoms with Crippen LogP contribution in [-0.4, -0.2) is 39.7 Å². The van der Waals surface area contributed by atoms with Crippen molar-refractivity contribution < 1.29 is 49.0 Å². The third-order valence-corrected chi connectivity index (χ3v) is 7.81. The molecule has 1 aliphatic rings. The average Bonchev–Trinajstić information content (AvgIpc) is 3.31. The van der Waals surface area contributed by atoms with E-state index < -0.39 is 12.1 Å². The van der Waals surface area contributed by atoms with Crippen LogP contribution in [0.3, 0.4) is 0 Å². The number of carbonyl (C=O) groups is 2. The van der Waals surface area contributed by atoms with Crippen LogP contribution in [0, 0.1) is 15.5 Å². The number of nitrogens with one attached hydrogen (secondary N) is 3. The summed E-state index contributed by atoms with van der Waals surface area (Å²) in [7, 11) is 0. The SMILES string of the molecule is CC1Cc2cc(C(OCc3ccccc3)C(=O)[O-])ccc2N(CCCC(=O)Nc2ccc(-n3c(=S)[nH][nH]c3=S)cc2)C1.[Na+]. The van der Waals surface area contributed by atoms with E-state index in [-0.39, 0.29) is 42.1 Å². The van der Waals surface area contributed by atoms with Gasteiger partial charge in [-0.25, -0.2) is 0 Å². The Labute approximate surface area is 282 Å². The molecule has 0 spiro atoms. The zero-order valence-corrected chi connectivity index (χ0v) is 27.8. The van der Waals surface area contributed by atoms with Crippen molar-refractivity contribution in [1.29, 1.82) is 0 Å². The zero-order chi connectivity index (χ0) is 29.6. The average molecular weight is 626 g/mol. The fraction of sp³-hybridized carbons (Fsp3) is 0.290. The van der Waals surface area contributed by atoms with Crippen LogP contribution in [0.15, 0.2) is 72.8 Å². The van der Waals surface area contributed by atoms with Gasteiger partial charge in [-0.15, -0.1) is 0 Å². The van der Waals surface area contributed by atoms with E-state index in [1.165, 1.54) is 0 Å². The van der Waals surface area contributed by atoms with E-state index in [2.05, 4.69) is 27.3 Å². The summed E-state index contributed by atoms with van der Waals surface area (Å²) in [5, 5.41) is 20.5. The molecule has 2 heterocycles. The Balaban J connectivity index is 0.00000423. The molecule has 43 heavy (non-hydrogen) atoms. The smallest absolute Gasteiger partial charge is 0.547 e. The minimum Gasteiger partial charge on any atom is -0.547 e. The van der Waals surface area contributed by atoms with Gasteiger partial charge in [-0.2, -0.15) is 0 Å². The summed E-state index contributed by atoms with van der Waals surface area (Å²) in [6.07, 6.45) is 0.728. The number of fused-ring (bicyclic) bond motifs is 1. The molecule has 9 nitrogen and oxygen atoms in total. The van der Waals surface area contributed by atoms with Gasteiger partial charge in [0.25, 0.3) is 0 Å². The summed E-state index contributed by atoms with van der Waals surface area (Å²) < 4.78 is 8.40. The number of H-pyrrole nitrogens is 2. The Bertz CT molecular complexity index is 1640. The molecule has 0 saturated heterocycles.